The molecule has 0 aliphatic rings. The highest BCUT2D eigenvalue weighted by Gasteiger charge is 2.08. The van der Waals surface area contributed by atoms with E-state index in [9.17, 15) is 14.4 Å². The van der Waals surface area contributed by atoms with Crippen molar-refractivity contribution in [1.29, 1.82) is 0 Å². The molecular weight excluding hydrogens is 362 g/mol. The number of rotatable bonds is 8. The van der Waals surface area contributed by atoms with Crippen molar-refractivity contribution in [3.63, 3.8) is 0 Å². The highest BCUT2D eigenvalue weighted by atomic mass is 35.5. The topological polar surface area (TPSA) is 87.3 Å². The van der Waals surface area contributed by atoms with E-state index < -0.39 is 0 Å². The molecule has 0 fully saturated rings. The van der Waals surface area contributed by atoms with Crippen molar-refractivity contribution in [1.82, 2.24) is 10.6 Å². The van der Waals surface area contributed by atoms with Crippen molar-refractivity contribution < 1.29 is 14.4 Å². The average molecular weight is 380 g/mol. The van der Waals surface area contributed by atoms with Crippen molar-refractivity contribution in [2.24, 2.45) is 0 Å². The Bertz CT molecular complexity index is 717. The quantitative estimate of drug-likeness (QED) is 0.616. The predicted octanol–water partition coefficient (Wildman–Crippen LogP) is 2.67. The van der Waals surface area contributed by atoms with Gasteiger partial charge in [-0.05, 0) is 42.1 Å². The molecule has 3 N–H and O–H groups in total. The van der Waals surface area contributed by atoms with Crippen LogP contribution < -0.4 is 16.0 Å². The zero-order valence-electron chi connectivity index (χ0n) is 13.4. The molecule has 1 aromatic carbocycles. The fraction of sp³-hybridized carbons (Fsp3) is 0.235. The summed E-state index contributed by atoms with van der Waals surface area (Å²) < 4.78 is 0. The minimum atomic E-state index is -0.318. The van der Waals surface area contributed by atoms with Crippen LogP contribution in [0.4, 0.5) is 5.69 Å². The molecule has 0 radical (unpaired) electrons. The highest BCUT2D eigenvalue weighted by Crippen LogP contribution is 2.13. The number of carbonyl (C=O) groups excluding carboxylic acids is 3. The van der Waals surface area contributed by atoms with Gasteiger partial charge in [-0.3, -0.25) is 14.4 Å². The number of anilines is 1. The molecule has 0 aliphatic carbocycles. The van der Waals surface area contributed by atoms with Gasteiger partial charge in [0.15, 0.2) is 0 Å². The molecule has 0 saturated carbocycles. The SMILES string of the molecule is O=C(CCCNC(=O)c1ccsc1)NCC(=O)Nc1ccc(Cl)cc1. The summed E-state index contributed by atoms with van der Waals surface area (Å²) in [4.78, 5) is 35.1. The summed E-state index contributed by atoms with van der Waals surface area (Å²) in [5.74, 6) is -0.707. The first-order valence-corrected chi connectivity index (χ1v) is 8.99. The third kappa shape index (κ3) is 6.94. The molecule has 0 aliphatic heterocycles. The molecule has 2 rings (SSSR count). The highest BCUT2D eigenvalue weighted by molar-refractivity contribution is 7.08. The number of nitrogens with one attached hydrogen (secondary N) is 3. The normalized spacial score (nSPS) is 10.1. The molecule has 0 bridgehead atoms. The Morgan fingerprint density at radius 1 is 1.00 bits per heavy atom. The maximum Gasteiger partial charge on any atom is 0.252 e. The Balaban J connectivity index is 1.58. The van der Waals surface area contributed by atoms with E-state index in [1.807, 2.05) is 5.38 Å². The minimum absolute atomic E-state index is 0.108. The zero-order chi connectivity index (χ0) is 18.1. The Morgan fingerprint density at radius 2 is 1.76 bits per heavy atom. The second-order valence-electron chi connectivity index (χ2n) is 5.20. The van der Waals surface area contributed by atoms with E-state index in [0.29, 0.717) is 29.2 Å². The van der Waals surface area contributed by atoms with Gasteiger partial charge in [0.25, 0.3) is 5.91 Å². The zero-order valence-corrected chi connectivity index (χ0v) is 15.0. The summed E-state index contributed by atoms with van der Waals surface area (Å²) >= 11 is 7.22. The van der Waals surface area contributed by atoms with Crippen LogP contribution in [-0.2, 0) is 9.59 Å². The smallest absolute Gasteiger partial charge is 0.252 e. The van der Waals surface area contributed by atoms with E-state index in [-0.39, 0.29) is 30.7 Å². The number of hydrogen-bond donors (Lipinski definition) is 3. The van der Waals surface area contributed by atoms with Gasteiger partial charge in [0.05, 0.1) is 6.54 Å². The van der Waals surface area contributed by atoms with Crippen LogP contribution in [0.1, 0.15) is 23.2 Å². The van der Waals surface area contributed by atoms with Crippen molar-refractivity contribution >= 4 is 46.3 Å². The van der Waals surface area contributed by atoms with Gasteiger partial charge in [0, 0.05) is 34.6 Å². The lowest BCUT2D eigenvalue weighted by atomic mass is 10.2. The maximum atomic E-state index is 11.7. The van der Waals surface area contributed by atoms with Gasteiger partial charge >= 0.3 is 0 Å². The minimum Gasteiger partial charge on any atom is -0.352 e. The van der Waals surface area contributed by atoms with Crippen LogP contribution in [0.25, 0.3) is 0 Å². The van der Waals surface area contributed by atoms with Crippen molar-refractivity contribution in [3.05, 3.63) is 51.7 Å². The summed E-state index contributed by atoms with van der Waals surface area (Å²) in [6.45, 7) is 0.293. The molecule has 1 aromatic heterocycles. The van der Waals surface area contributed by atoms with E-state index in [2.05, 4.69) is 16.0 Å². The Kier molecular flexibility index (Phi) is 7.43. The van der Waals surface area contributed by atoms with Gasteiger partial charge in [-0.2, -0.15) is 11.3 Å². The fourth-order valence-electron chi connectivity index (χ4n) is 1.95. The summed E-state index contributed by atoms with van der Waals surface area (Å²) in [5.41, 5.74) is 1.23. The lowest BCUT2D eigenvalue weighted by molar-refractivity contribution is -0.124. The molecule has 132 valence electrons. The first-order valence-electron chi connectivity index (χ1n) is 7.67. The van der Waals surface area contributed by atoms with Crippen LogP contribution in [-0.4, -0.2) is 30.8 Å². The number of thiophene rings is 1. The van der Waals surface area contributed by atoms with Gasteiger partial charge in [0.2, 0.25) is 11.8 Å². The second kappa shape index (κ2) is 9.80. The van der Waals surface area contributed by atoms with Crippen molar-refractivity contribution in [2.75, 3.05) is 18.4 Å². The van der Waals surface area contributed by atoms with Gasteiger partial charge in [0.1, 0.15) is 0 Å². The lowest BCUT2D eigenvalue weighted by Gasteiger charge is -2.07. The van der Waals surface area contributed by atoms with Crippen LogP contribution in [0.5, 0.6) is 0 Å². The Morgan fingerprint density at radius 3 is 2.44 bits per heavy atom. The van der Waals surface area contributed by atoms with E-state index in [0.717, 1.165) is 0 Å². The van der Waals surface area contributed by atoms with Gasteiger partial charge < -0.3 is 16.0 Å². The van der Waals surface area contributed by atoms with Crippen LogP contribution >= 0.6 is 22.9 Å². The lowest BCUT2D eigenvalue weighted by Crippen LogP contribution is -2.33. The number of halogens is 1. The van der Waals surface area contributed by atoms with Crippen molar-refractivity contribution in [3.8, 4) is 0 Å². The first kappa shape index (κ1) is 19.0. The summed E-state index contributed by atoms with van der Waals surface area (Å²) in [5, 5.41) is 12.1. The first-order chi connectivity index (χ1) is 12.0. The van der Waals surface area contributed by atoms with Gasteiger partial charge in [-0.1, -0.05) is 11.6 Å². The van der Waals surface area contributed by atoms with Gasteiger partial charge in [-0.25, -0.2) is 0 Å². The van der Waals surface area contributed by atoms with E-state index >= 15 is 0 Å². The summed E-state index contributed by atoms with van der Waals surface area (Å²) in [6.07, 6.45) is 0.735. The molecule has 6 nitrogen and oxygen atoms in total. The third-order valence-electron chi connectivity index (χ3n) is 3.22. The largest absolute Gasteiger partial charge is 0.352 e. The maximum absolute atomic E-state index is 11.7. The molecule has 1 heterocycles. The third-order valence-corrected chi connectivity index (χ3v) is 4.16. The predicted molar refractivity (Wildman–Crippen MR) is 99.0 cm³/mol. The molecule has 2 aromatic rings. The second-order valence-corrected chi connectivity index (χ2v) is 6.42. The fourth-order valence-corrected chi connectivity index (χ4v) is 2.71. The molecule has 3 amide bonds. The molecule has 0 saturated heterocycles. The Labute approximate surface area is 154 Å². The van der Waals surface area contributed by atoms with E-state index in [1.165, 1.54) is 11.3 Å². The molecular formula is C17H18ClN3O3S. The average Bonchev–Trinajstić information content (AvgIpc) is 3.13. The number of amides is 3. The van der Waals surface area contributed by atoms with Gasteiger partial charge in [-0.15, -0.1) is 0 Å². The van der Waals surface area contributed by atoms with Crippen LogP contribution in [0.2, 0.25) is 5.02 Å². The van der Waals surface area contributed by atoms with Crippen molar-refractivity contribution in [2.45, 2.75) is 12.8 Å². The standard InChI is InChI=1S/C17H18ClN3O3S/c18-13-3-5-14(6-4-13)21-16(23)10-20-15(22)2-1-8-19-17(24)12-7-9-25-11-12/h3-7,9,11H,1-2,8,10H2,(H,19,24)(H,20,22)(H,21,23). The molecule has 25 heavy (non-hydrogen) atoms. The van der Waals surface area contributed by atoms with E-state index in [1.54, 1.807) is 35.7 Å². The number of carbonyl (C=O) groups is 3. The Hall–Kier alpha value is -2.38. The van der Waals surface area contributed by atoms with E-state index in [4.69, 9.17) is 11.6 Å². The molecule has 0 atom stereocenters. The number of benzene rings is 1. The van der Waals surface area contributed by atoms with Crippen LogP contribution in [0, 0.1) is 0 Å². The number of hydrogen-bond acceptors (Lipinski definition) is 4. The molecule has 0 unspecified atom stereocenters. The summed E-state index contributed by atoms with van der Waals surface area (Å²) in [6, 6.07) is 8.43. The molecule has 0 spiro atoms. The monoisotopic (exact) mass is 379 g/mol. The molecule has 8 heteroatoms. The summed E-state index contributed by atoms with van der Waals surface area (Å²) in [7, 11) is 0. The van der Waals surface area contributed by atoms with Crippen LogP contribution in [0.15, 0.2) is 41.1 Å². The van der Waals surface area contributed by atoms with Crippen LogP contribution in [0.3, 0.4) is 0 Å².